The summed E-state index contributed by atoms with van der Waals surface area (Å²) in [5, 5.41) is 11.6. The molecule has 0 saturated heterocycles. The third kappa shape index (κ3) is 2.85. The van der Waals surface area contributed by atoms with Gasteiger partial charge < -0.3 is 5.11 Å². The number of aliphatic hydroxyl groups is 1. The van der Waals surface area contributed by atoms with E-state index in [-0.39, 0.29) is 6.10 Å². The Morgan fingerprint density at radius 1 is 1.00 bits per heavy atom. The molecular weight excluding hydrogens is 291 g/mol. The number of hydrogen-bond donors (Lipinski definition) is 1. The van der Waals surface area contributed by atoms with E-state index in [9.17, 15) is 5.11 Å². The molecule has 1 unspecified atom stereocenters. The lowest BCUT2D eigenvalue weighted by molar-refractivity contribution is 0.113. The van der Waals surface area contributed by atoms with E-state index in [4.69, 9.17) is 23.2 Å². The summed E-state index contributed by atoms with van der Waals surface area (Å²) in [7, 11) is 0. The van der Waals surface area contributed by atoms with Crippen LogP contribution >= 0.6 is 23.2 Å². The molecule has 0 saturated carbocycles. The molecule has 3 heteroatoms. The molecule has 2 aromatic carbocycles. The molecule has 0 bridgehead atoms. The standard InChI is InChI=1S/C17H16Cl2O/c18-15-6-5-11(7-16(15)19)8-17(20)14-9-12-3-1-2-4-13(12)10-14/h1-7,14,17,20H,8-10H2. The third-order valence-corrected chi connectivity index (χ3v) is 4.79. The maximum Gasteiger partial charge on any atom is 0.0615 e. The largest absolute Gasteiger partial charge is 0.392 e. The normalized spacial score (nSPS) is 16.1. The fourth-order valence-electron chi connectivity index (χ4n) is 2.94. The Hall–Kier alpha value is -1.02. The van der Waals surface area contributed by atoms with Gasteiger partial charge in [-0.3, -0.25) is 0 Å². The molecule has 0 fully saturated rings. The van der Waals surface area contributed by atoms with Crippen LogP contribution in [0.3, 0.4) is 0 Å². The van der Waals surface area contributed by atoms with Crippen molar-refractivity contribution in [2.45, 2.75) is 25.4 Å². The second kappa shape index (κ2) is 5.77. The summed E-state index contributed by atoms with van der Waals surface area (Å²) >= 11 is 11.9. The summed E-state index contributed by atoms with van der Waals surface area (Å²) < 4.78 is 0. The summed E-state index contributed by atoms with van der Waals surface area (Å²) in [5.41, 5.74) is 3.76. The monoisotopic (exact) mass is 306 g/mol. The van der Waals surface area contributed by atoms with Gasteiger partial charge in [-0.25, -0.2) is 0 Å². The molecule has 1 nitrogen and oxygen atoms in total. The number of hydrogen-bond acceptors (Lipinski definition) is 1. The average molecular weight is 307 g/mol. The van der Waals surface area contributed by atoms with Crippen LogP contribution in [-0.4, -0.2) is 11.2 Å². The molecule has 0 heterocycles. The van der Waals surface area contributed by atoms with Crippen LogP contribution in [0, 0.1) is 5.92 Å². The summed E-state index contributed by atoms with van der Waals surface area (Å²) in [4.78, 5) is 0. The second-order valence-electron chi connectivity index (χ2n) is 5.46. The van der Waals surface area contributed by atoms with Gasteiger partial charge in [-0.1, -0.05) is 53.5 Å². The lowest BCUT2D eigenvalue weighted by Crippen LogP contribution is -2.23. The van der Waals surface area contributed by atoms with Crippen LogP contribution in [0.15, 0.2) is 42.5 Å². The smallest absolute Gasteiger partial charge is 0.0615 e. The minimum atomic E-state index is -0.348. The van der Waals surface area contributed by atoms with Crippen molar-refractivity contribution < 1.29 is 5.11 Å². The van der Waals surface area contributed by atoms with Gasteiger partial charge in [-0.2, -0.15) is 0 Å². The zero-order chi connectivity index (χ0) is 14.1. The quantitative estimate of drug-likeness (QED) is 0.896. The molecule has 1 atom stereocenters. The first-order valence-electron chi connectivity index (χ1n) is 6.82. The third-order valence-electron chi connectivity index (χ3n) is 4.06. The highest BCUT2D eigenvalue weighted by atomic mass is 35.5. The minimum Gasteiger partial charge on any atom is -0.392 e. The van der Waals surface area contributed by atoms with Crippen molar-refractivity contribution in [3.8, 4) is 0 Å². The molecule has 0 radical (unpaired) electrons. The SMILES string of the molecule is OC(Cc1ccc(Cl)c(Cl)c1)C1Cc2ccccc2C1. The van der Waals surface area contributed by atoms with E-state index in [1.807, 2.05) is 12.1 Å². The molecule has 0 aromatic heterocycles. The zero-order valence-electron chi connectivity index (χ0n) is 11.0. The lowest BCUT2D eigenvalue weighted by atomic mass is 9.94. The van der Waals surface area contributed by atoms with E-state index in [1.165, 1.54) is 11.1 Å². The number of rotatable bonds is 3. The Labute approximate surface area is 129 Å². The highest BCUT2D eigenvalue weighted by Crippen LogP contribution is 2.30. The Morgan fingerprint density at radius 2 is 1.65 bits per heavy atom. The van der Waals surface area contributed by atoms with Crippen LogP contribution in [0.25, 0.3) is 0 Å². The Balaban J connectivity index is 1.69. The molecule has 20 heavy (non-hydrogen) atoms. The van der Waals surface area contributed by atoms with E-state index in [0.29, 0.717) is 22.4 Å². The highest BCUT2D eigenvalue weighted by Gasteiger charge is 2.27. The molecule has 0 aliphatic heterocycles. The van der Waals surface area contributed by atoms with Gasteiger partial charge in [-0.15, -0.1) is 0 Å². The molecule has 1 N–H and O–H groups in total. The molecule has 1 aliphatic rings. The number of halogens is 2. The van der Waals surface area contributed by atoms with Crippen molar-refractivity contribution in [2.75, 3.05) is 0 Å². The maximum absolute atomic E-state index is 10.5. The van der Waals surface area contributed by atoms with Crippen molar-refractivity contribution in [1.82, 2.24) is 0 Å². The Bertz CT molecular complexity index is 599. The average Bonchev–Trinajstić information content (AvgIpc) is 2.87. The fourth-order valence-corrected chi connectivity index (χ4v) is 3.26. The molecule has 0 amide bonds. The summed E-state index contributed by atoms with van der Waals surface area (Å²) in [6.45, 7) is 0. The van der Waals surface area contributed by atoms with Crippen molar-refractivity contribution in [3.05, 3.63) is 69.2 Å². The van der Waals surface area contributed by atoms with E-state index < -0.39 is 0 Å². The van der Waals surface area contributed by atoms with Gasteiger partial charge in [0, 0.05) is 0 Å². The fraction of sp³-hybridized carbons (Fsp3) is 0.294. The van der Waals surface area contributed by atoms with Crippen molar-refractivity contribution >= 4 is 23.2 Å². The highest BCUT2D eigenvalue weighted by molar-refractivity contribution is 6.42. The van der Waals surface area contributed by atoms with Crippen LogP contribution in [0.4, 0.5) is 0 Å². The van der Waals surface area contributed by atoms with Crippen molar-refractivity contribution in [1.29, 1.82) is 0 Å². The first-order valence-corrected chi connectivity index (χ1v) is 7.58. The molecule has 0 spiro atoms. The number of fused-ring (bicyclic) bond motifs is 1. The number of benzene rings is 2. The predicted octanol–water partition coefficient (Wildman–Crippen LogP) is 4.31. The van der Waals surface area contributed by atoms with Gasteiger partial charge in [0.15, 0.2) is 0 Å². The maximum atomic E-state index is 10.5. The van der Waals surface area contributed by atoms with E-state index in [1.54, 1.807) is 6.07 Å². The topological polar surface area (TPSA) is 20.2 Å². The van der Waals surface area contributed by atoms with Gasteiger partial charge in [0.1, 0.15) is 0 Å². The zero-order valence-corrected chi connectivity index (χ0v) is 12.5. The van der Waals surface area contributed by atoms with Crippen molar-refractivity contribution in [3.63, 3.8) is 0 Å². The molecule has 3 rings (SSSR count). The van der Waals surface area contributed by atoms with Crippen molar-refractivity contribution in [2.24, 2.45) is 5.92 Å². The van der Waals surface area contributed by atoms with Crippen LogP contribution in [0.5, 0.6) is 0 Å². The van der Waals surface area contributed by atoms with E-state index in [0.717, 1.165) is 18.4 Å². The summed E-state index contributed by atoms with van der Waals surface area (Å²) in [5.74, 6) is 0.293. The first kappa shape index (κ1) is 13.9. The van der Waals surface area contributed by atoms with Crippen LogP contribution in [-0.2, 0) is 19.3 Å². The lowest BCUT2D eigenvalue weighted by Gasteiger charge is -2.18. The van der Waals surface area contributed by atoms with E-state index in [2.05, 4.69) is 24.3 Å². The minimum absolute atomic E-state index is 0.293. The van der Waals surface area contributed by atoms with Crippen LogP contribution in [0.2, 0.25) is 10.0 Å². The summed E-state index contributed by atoms with van der Waals surface area (Å²) in [6, 6.07) is 14.0. The first-order chi connectivity index (χ1) is 9.63. The van der Waals surface area contributed by atoms with E-state index >= 15 is 0 Å². The second-order valence-corrected chi connectivity index (χ2v) is 6.27. The number of aliphatic hydroxyl groups excluding tert-OH is 1. The Kier molecular flexibility index (Phi) is 4.02. The Morgan fingerprint density at radius 3 is 2.25 bits per heavy atom. The molecule has 2 aromatic rings. The van der Waals surface area contributed by atoms with Gasteiger partial charge >= 0.3 is 0 Å². The van der Waals surface area contributed by atoms with Crippen LogP contribution in [0.1, 0.15) is 16.7 Å². The van der Waals surface area contributed by atoms with Gasteiger partial charge in [0.25, 0.3) is 0 Å². The molecule has 104 valence electrons. The molecular formula is C17H16Cl2O. The van der Waals surface area contributed by atoms with Crippen LogP contribution < -0.4 is 0 Å². The predicted molar refractivity (Wildman–Crippen MR) is 83.5 cm³/mol. The van der Waals surface area contributed by atoms with Gasteiger partial charge in [0.05, 0.1) is 16.1 Å². The summed E-state index contributed by atoms with van der Waals surface area (Å²) in [6.07, 6.45) is 2.19. The molecule has 1 aliphatic carbocycles. The van der Waals surface area contributed by atoms with Gasteiger partial charge in [-0.05, 0) is 54.0 Å². The van der Waals surface area contributed by atoms with Gasteiger partial charge in [0.2, 0.25) is 0 Å².